The van der Waals surface area contributed by atoms with Gasteiger partial charge < -0.3 is 36.0 Å². The van der Waals surface area contributed by atoms with Crippen LogP contribution in [0.15, 0.2) is 0 Å². The number of esters is 2. The first kappa shape index (κ1) is 33.6. The Hall–Kier alpha value is -0.740. The third-order valence-corrected chi connectivity index (χ3v) is 13.6. The number of likely N-dealkylation sites (tertiary alicyclic amines) is 1. The van der Waals surface area contributed by atoms with Gasteiger partial charge in [0, 0.05) is 57.5 Å². The Morgan fingerprint density at radius 1 is 0.791 bits per heavy atom. The molecule has 4 saturated carbocycles. The van der Waals surface area contributed by atoms with E-state index in [9.17, 15) is 14.7 Å². The summed E-state index contributed by atoms with van der Waals surface area (Å²) in [6, 6.07) is 0.551. The molecule has 2 aliphatic heterocycles. The summed E-state index contributed by atoms with van der Waals surface area (Å²) in [5.74, 6) is 2.15. The first-order chi connectivity index (χ1) is 19.8. The number of quaternary nitrogens is 1. The van der Waals surface area contributed by atoms with Crippen LogP contribution < -0.4 is 17.0 Å². The minimum Gasteiger partial charge on any atom is -1.00 e. The summed E-state index contributed by atoms with van der Waals surface area (Å²) in [4.78, 5) is 29.9. The lowest BCUT2D eigenvalue weighted by atomic mass is 9.44. The van der Waals surface area contributed by atoms with Gasteiger partial charge in [0.15, 0.2) is 0 Å². The Balaban J connectivity index is 0.00000368. The van der Waals surface area contributed by atoms with E-state index in [2.05, 4.69) is 37.7 Å². The SMILES string of the molecule is CC(=O)O[C@H]1C[C@@H]2CCC3C4C[C@H](N5CC[N+](C)(C)CC5)[C@H](OC(C)=O)[C@@]4(C)CCC3[C@@]2(C)C[C@@H]1N1CCC(O)CC1.[Br-]. The summed E-state index contributed by atoms with van der Waals surface area (Å²) in [6.45, 7) is 14.4. The molecule has 246 valence electrons. The maximum Gasteiger partial charge on any atom is 0.302 e. The van der Waals surface area contributed by atoms with Crippen LogP contribution in [0.3, 0.4) is 0 Å². The largest absolute Gasteiger partial charge is 1.00 e. The average molecular weight is 669 g/mol. The summed E-state index contributed by atoms with van der Waals surface area (Å²) in [6.07, 6.45) is 9.28. The number of ether oxygens (including phenoxy) is 2. The van der Waals surface area contributed by atoms with Crippen molar-refractivity contribution in [3.8, 4) is 0 Å². The summed E-state index contributed by atoms with van der Waals surface area (Å²) in [7, 11) is 4.66. The number of rotatable bonds is 4. The van der Waals surface area contributed by atoms with Crippen molar-refractivity contribution in [1.82, 2.24) is 9.80 Å². The molecule has 2 heterocycles. The quantitative estimate of drug-likeness (QED) is 0.350. The lowest BCUT2D eigenvalue weighted by molar-refractivity contribution is -0.894. The van der Waals surface area contributed by atoms with Gasteiger partial charge in [-0.2, -0.15) is 0 Å². The molecule has 8 nitrogen and oxygen atoms in total. The highest BCUT2D eigenvalue weighted by Gasteiger charge is 2.65. The fourth-order valence-corrected chi connectivity index (χ4v) is 11.2. The van der Waals surface area contributed by atoms with Crippen LogP contribution in [0.25, 0.3) is 0 Å². The Morgan fingerprint density at radius 2 is 1.42 bits per heavy atom. The number of piperidine rings is 1. The fraction of sp³-hybridized carbons (Fsp3) is 0.941. The van der Waals surface area contributed by atoms with E-state index >= 15 is 0 Å². The lowest BCUT2D eigenvalue weighted by Crippen LogP contribution is -3.00. The molecule has 0 aromatic rings. The van der Waals surface area contributed by atoms with Crippen molar-refractivity contribution in [1.29, 1.82) is 0 Å². The highest BCUT2D eigenvalue weighted by atomic mass is 79.9. The van der Waals surface area contributed by atoms with Gasteiger partial charge in [0.2, 0.25) is 0 Å². The van der Waals surface area contributed by atoms with E-state index in [0.29, 0.717) is 29.7 Å². The highest BCUT2D eigenvalue weighted by molar-refractivity contribution is 5.66. The van der Waals surface area contributed by atoms with Crippen LogP contribution in [0, 0.1) is 34.5 Å². The predicted octanol–water partition coefficient (Wildman–Crippen LogP) is 0.702. The second kappa shape index (κ2) is 12.5. The van der Waals surface area contributed by atoms with Crippen LogP contribution in [-0.2, 0) is 19.1 Å². The third-order valence-electron chi connectivity index (χ3n) is 13.6. The van der Waals surface area contributed by atoms with E-state index in [1.54, 1.807) is 13.8 Å². The Kier molecular flexibility index (Phi) is 9.74. The Labute approximate surface area is 270 Å². The molecule has 0 radical (unpaired) electrons. The molecule has 9 heteroatoms. The normalized spacial score (nSPS) is 45.2. The van der Waals surface area contributed by atoms with Crippen LogP contribution in [-0.4, -0.2) is 115 Å². The molecule has 10 atom stereocenters. The maximum atomic E-state index is 12.5. The minimum absolute atomic E-state index is 0. The molecule has 3 unspecified atom stereocenters. The van der Waals surface area contributed by atoms with Crippen molar-refractivity contribution in [2.45, 2.75) is 116 Å². The van der Waals surface area contributed by atoms with Crippen molar-refractivity contribution in [3.63, 3.8) is 0 Å². The zero-order valence-corrected chi connectivity index (χ0v) is 29.2. The molecule has 6 rings (SSSR count). The van der Waals surface area contributed by atoms with Gasteiger partial charge in [-0.15, -0.1) is 0 Å². The van der Waals surface area contributed by atoms with Gasteiger partial charge in [0.1, 0.15) is 12.2 Å². The molecule has 1 N–H and O–H groups in total. The van der Waals surface area contributed by atoms with Crippen molar-refractivity contribution in [3.05, 3.63) is 0 Å². The number of hydrogen-bond donors (Lipinski definition) is 1. The van der Waals surface area contributed by atoms with Crippen LogP contribution in [0.4, 0.5) is 0 Å². The van der Waals surface area contributed by atoms with Crippen molar-refractivity contribution in [2.75, 3.05) is 53.4 Å². The Bertz CT molecular complexity index is 1030. The number of carbonyl (C=O) groups is 2. The standard InChI is InChI=1S/C34H58N3O5.BrH/c1-22(38)41-31-19-24-7-8-26-27(34(24,4)21-30(31)35-13-10-25(40)11-14-35)9-12-33(3)28(26)20-29(32(33)42-23(2)39)36-15-17-37(5,6)18-16-36;/h24-32,40H,7-21H2,1-6H3;1H/q+1;/p-1/t24-,26?,27?,28?,29-,30-,31-,32-,33-,34-;/m0./s1. The molecule has 0 bridgehead atoms. The van der Waals surface area contributed by atoms with E-state index in [0.717, 1.165) is 82.3 Å². The van der Waals surface area contributed by atoms with E-state index in [1.807, 2.05) is 0 Å². The van der Waals surface area contributed by atoms with Crippen LogP contribution >= 0.6 is 0 Å². The number of aliphatic hydroxyl groups excluding tert-OH is 1. The fourth-order valence-electron chi connectivity index (χ4n) is 11.2. The van der Waals surface area contributed by atoms with E-state index in [1.165, 1.54) is 19.3 Å². The van der Waals surface area contributed by atoms with Gasteiger partial charge in [0.05, 0.1) is 33.3 Å². The summed E-state index contributed by atoms with van der Waals surface area (Å²) in [5, 5.41) is 10.2. The number of likely N-dealkylation sites (N-methyl/N-ethyl adjacent to an activating group) is 1. The summed E-state index contributed by atoms with van der Waals surface area (Å²) in [5.41, 5.74) is 0.239. The zero-order valence-electron chi connectivity index (χ0n) is 27.6. The molecule has 0 spiro atoms. The highest BCUT2D eigenvalue weighted by Crippen LogP contribution is 2.67. The van der Waals surface area contributed by atoms with Crippen LogP contribution in [0.1, 0.15) is 85.5 Å². The molecule has 0 aromatic carbocycles. The smallest absolute Gasteiger partial charge is 0.302 e. The second-order valence-corrected chi connectivity index (χ2v) is 16.4. The number of nitrogens with zero attached hydrogens (tertiary/aromatic N) is 3. The number of aliphatic hydroxyl groups is 1. The predicted molar refractivity (Wildman–Crippen MR) is 161 cm³/mol. The minimum atomic E-state index is -0.208. The molecule has 2 saturated heterocycles. The van der Waals surface area contributed by atoms with Gasteiger partial charge in [-0.25, -0.2) is 0 Å². The third kappa shape index (κ3) is 6.20. The zero-order chi connectivity index (χ0) is 30.0. The molecule has 0 amide bonds. The number of halogens is 1. The second-order valence-electron chi connectivity index (χ2n) is 16.4. The van der Waals surface area contributed by atoms with E-state index < -0.39 is 0 Å². The number of hydrogen-bond acceptors (Lipinski definition) is 7. The first-order valence-corrected chi connectivity index (χ1v) is 17.1. The topological polar surface area (TPSA) is 79.3 Å². The lowest BCUT2D eigenvalue weighted by Gasteiger charge is -2.62. The number of fused-ring (bicyclic) bond motifs is 5. The number of piperazine rings is 1. The average Bonchev–Trinajstić information content (AvgIpc) is 3.20. The molecular formula is C34H58BrN3O5. The van der Waals surface area contributed by atoms with Gasteiger partial charge >= 0.3 is 11.9 Å². The van der Waals surface area contributed by atoms with E-state index in [-0.39, 0.29) is 64.1 Å². The monoisotopic (exact) mass is 667 g/mol. The molecule has 6 fully saturated rings. The van der Waals surface area contributed by atoms with Gasteiger partial charge in [-0.1, -0.05) is 13.8 Å². The van der Waals surface area contributed by atoms with Gasteiger partial charge in [-0.3, -0.25) is 19.4 Å². The van der Waals surface area contributed by atoms with Crippen molar-refractivity contribution >= 4 is 11.9 Å². The summed E-state index contributed by atoms with van der Waals surface area (Å²) >= 11 is 0. The molecule has 0 aromatic heterocycles. The molecular weight excluding hydrogens is 610 g/mol. The first-order valence-electron chi connectivity index (χ1n) is 17.1. The van der Waals surface area contributed by atoms with E-state index in [4.69, 9.17) is 9.47 Å². The molecule has 6 aliphatic rings. The number of carbonyl (C=O) groups excluding carboxylic acids is 2. The molecule has 43 heavy (non-hydrogen) atoms. The maximum absolute atomic E-state index is 12.5. The van der Waals surface area contributed by atoms with Crippen LogP contribution in [0.2, 0.25) is 0 Å². The molecule has 4 aliphatic carbocycles. The van der Waals surface area contributed by atoms with Crippen LogP contribution in [0.5, 0.6) is 0 Å². The summed E-state index contributed by atoms with van der Waals surface area (Å²) < 4.78 is 13.4. The Morgan fingerprint density at radius 3 is 2.05 bits per heavy atom. The van der Waals surface area contributed by atoms with Crippen molar-refractivity contribution < 1.29 is 45.6 Å². The van der Waals surface area contributed by atoms with Gasteiger partial charge in [0.25, 0.3) is 0 Å². The van der Waals surface area contributed by atoms with Crippen molar-refractivity contribution in [2.24, 2.45) is 34.5 Å². The van der Waals surface area contributed by atoms with Gasteiger partial charge in [-0.05, 0) is 86.9 Å².